The molecule has 54 valence electrons. The zero-order chi connectivity index (χ0) is 7.44. The maximum absolute atomic E-state index is 10.4. The second-order valence-electron chi connectivity index (χ2n) is 1.72. The minimum Gasteiger partial charge on any atom is -0.489 e. The van der Waals surface area contributed by atoms with E-state index in [0.29, 0.717) is 7.28 Å². The smallest absolute Gasteiger partial charge is 0.377 e. The first kappa shape index (κ1) is 12.3. The van der Waals surface area contributed by atoms with E-state index in [4.69, 9.17) is 5.11 Å². The van der Waals surface area contributed by atoms with Crippen LogP contribution < -0.4 is 0 Å². The van der Waals surface area contributed by atoms with Crippen LogP contribution in [0.1, 0.15) is 0 Å². The van der Waals surface area contributed by atoms with E-state index in [9.17, 15) is 9.59 Å². The van der Waals surface area contributed by atoms with Crippen molar-refractivity contribution in [3.05, 3.63) is 0 Å². The molecular weight excluding hydrogens is 172 g/mol. The van der Waals surface area contributed by atoms with Crippen molar-refractivity contribution in [2.45, 2.75) is 0 Å². The predicted molar refractivity (Wildman–Crippen MR) is 32.9 cm³/mol. The quantitative estimate of drug-likeness (QED) is 0.609. The van der Waals surface area contributed by atoms with E-state index >= 15 is 0 Å². The van der Waals surface area contributed by atoms with Gasteiger partial charge in [-0.05, 0) is 0 Å². The molecule has 0 aliphatic rings. The number of hydrogen-bond acceptors (Lipinski definition) is 2. The molecule has 0 fully saturated rings. The van der Waals surface area contributed by atoms with Gasteiger partial charge in [0.1, 0.15) is 0 Å². The SMILES string of the molecule is CN(C)C(=O)[B]C(=O)O.[V]. The van der Waals surface area contributed by atoms with Gasteiger partial charge in [0.05, 0.1) is 0 Å². The minimum atomic E-state index is -1.21. The summed E-state index contributed by atoms with van der Waals surface area (Å²) in [6.45, 7) is 0. The van der Waals surface area contributed by atoms with Crippen molar-refractivity contribution < 1.29 is 33.3 Å². The first-order chi connectivity index (χ1) is 4.04. The van der Waals surface area contributed by atoms with Crippen molar-refractivity contribution in [3.63, 3.8) is 0 Å². The molecule has 1 amide bonds. The summed E-state index contributed by atoms with van der Waals surface area (Å²) >= 11 is 0. The Hall–Kier alpha value is -0.411. The summed E-state index contributed by atoms with van der Waals surface area (Å²) in [5, 5.41) is 8.03. The summed E-state index contributed by atoms with van der Waals surface area (Å²) in [6.07, 6.45) is 0. The van der Waals surface area contributed by atoms with Gasteiger partial charge in [-0.2, -0.15) is 0 Å². The van der Waals surface area contributed by atoms with Crippen molar-refractivity contribution in [1.29, 1.82) is 0 Å². The molecule has 0 aromatic rings. The molecule has 0 atom stereocenters. The van der Waals surface area contributed by atoms with Gasteiger partial charge in [0.2, 0.25) is 0 Å². The first-order valence-corrected chi connectivity index (χ1v) is 2.33. The molecule has 0 aliphatic heterocycles. The Morgan fingerprint density at radius 2 is 1.80 bits per heavy atom. The number of carbonyl (C=O) groups excluding carboxylic acids is 1. The van der Waals surface area contributed by atoms with Crippen LogP contribution in [-0.4, -0.2) is 43.1 Å². The minimum absolute atomic E-state index is 0. The molecule has 0 spiro atoms. The van der Waals surface area contributed by atoms with Gasteiger partial charge in [0.15, 0.2) is 5.81 Å². The summed E-state index contributed by atoms with van der Waals surface area (Å²) in [4.78, 5) is 21.4. The summed E-state index contributed by atoms with van der Waals surface area (Å²) in [5.41, 5.74) is 0. The van der Waals surface area contributed by atoms with Crippen LogP contribution in [0, 0.1) is 0 Å². The summed E-state index contributed by atoms with van der Waals surface area (Å²) in [5.74, 6) is -1.73. The zero-order valence-corrected chi connectivity index (χ0v) is 7.13. The Kier molecular flexibility index (Phi) is 6.61. The third kappa shape index (κ3) is 5.72. The molecule has 1 N–H and O–H groups in total. The number of rotatable bonds is 2. The van der Waals surface area contributed by atoms with Crippen LogP contribution in [0.4, 0.5) is 9.59 Å². The van der Waals surface area contributed by atoms with Crippen LogP contribution in [0.15, 0.2) is 0 Å². The molecule has 0 aromatic heterocycles. The summed E-state index contributed by atoms with van der Waals surface area (Å²) in [6, 6.07) is 0. The predicted octanol–water partition coefficient (Wildman–Crippen LogP) is 0.0477. The number of amides is 1. The molecule has 0 unspecified atom stereocenters. The number of carbonyl (C=O) groups is 2. The van der Waals surface area contributed by atoms with Gasteiger partial charge < -0.3 is 10.0 Å². The summed E-state index contributed by atoms with van der Waals surface area (Å²) < 4.78 is 0. The van der Waals surface area contributed by atoms with Gasteiger partial charge in [0.25, 0.3) is 5.87 Å². The van der Waals surface area contributed by atoms with E-state index in [-0.39, 0.29) is 18.6 Å². The molecule has 0 bridgehead atoms. The fourth-order valence-electron chi connectivity index (χ4n) is 0.235. The second-order valence-corrected chi connectivity index (χ2v) is 1.72. The van der Waals surface area contributed by atoms with Crippen LogP contribution in [0.5, 0.6) is 0 Å². The van der Waals surface area contributed by atoms with Crippen LogP contribution in [0.25, 0.3) is 0 Å². The van der Waals surface area contributed by atoms with Gasteiger partial charge in [-0.15, -0.1) is 0 Å². The molecule has 0 saturated heterocycles. The molecule has 10 heavy (non-hydrogen) atoms. The molecule has 6 heteroatoms. The number of carboxylic acid groups (broad SMARTS) is 1. The average Bonchev–Trinajstić information content (AvgIpc) is 1.63. The molecule has 0 rings (SSSR count). The topological polar surface area (TPSA) is 57.6 Å². The molecule has 2 radical (unpaired) electrons. The van der Waals surface area contributed by atoms with Crippen molar-refractivity contribution in [3.8, 4) is 0 Å². The van der Waals surface area contributed by atoms with Crippen molar-refractivity contribution in [2.75, 3.05) is 14.1 Å². The van der Waals surface area contributed by atoms with E-state index in [2.05, 4.69) is 0 Å². The third-order valence-electron chi connectivity index (χ3n) is 0.688. The summed E-state index contributed by atoms with van der Waals surface area (Å²) in [7, 11) is 3.59. The van der Waals surface area contributed by atoms with Crippen molar-refractivity contribution in [1.82, 2.24) is 4.90 Å². The Morgan fingerprint density at radius 1 is 1.40 bits per heavy atom. The Balaban J connectivity index is 0. The van der Waals surface area contributed by atoms with Gasteiger partial charge in [0, 0.05) is 32.7 Å². The molecule has 0 aromatic carbocycles. The van der Waals surface area contributed by atoms with E-state index in [1.165, 1.54) is 19.0 Å². The van der Waals surface area contributed by atoms with Gasteiger partial charge >= 0.3 is 7.28 Å². The van der Waals surface area contributed by atoms with Crippen LogP contribution >= 0.6 is 0 Å². The molecule has 0 aliphatic carbocycles. The van der Waals surface area contributed by atoms with E-state index < -0.39 is 11.7 Å². The largest absolute Gasteiger partial charge is 0.489 e. The van der Waals surface area contributed by atoms with Crippen molar-refractivity contribution in [2.24, 2.45) is 0 Å². The van der Waals surface area contributed by atoms with E-state index in [1.54, 1.807) is 0 Å². The van der Waals surface area contributed by atoms with Crippen LogP contribution in [-0.2, 0) is 18.6 Å². The maximum atomic E-state index is 10.4. The van der Waals surface area contributed by atoms with Crippen LogP contribution in [0.2, 0.25) is 0 Å². The van der Waals surface area contributed by atoms with Crippen molar-refractivity contribution >= 4 is 19.0 Å². The molecule has 0 saturated carbocycles. The Labute approximate surface area is 71.7 Å². The zero-order valence-electron chi connectivity index (χ0n) is 5.74. The third-order valence-corrected chi connectivity index (χ3v) is 0.688. The Morgan fingerprint density at radius 3 is 1.90 bits per heavy atom. The van der Waals surface area contributed by atoms with Gasteiger partial charge in [-0.25, -0.2) is 0 Å². The number of hydrogen-bond donors (Lipinski definition) is 1. The van der Waals surface area contributed by atoms with E-state index in [1.807, 2.05) is 0 Å². The number of nitrogens with zero attached hydrogens (tertiary/aromatic N) is 1. The van der Waals surface area contributed by atoms with Gasteiger partial charge in [-0.1, -0.05) is 0 Å². The second kappa shape index (κ2) is 5.38. The molecule has 0 heterocycles. The Bertz CT molecular complexity index is 138. The van der Waals surface area contributed by atoms with Gasteiger partial charge in [-0.3, -0.25) is 9.59 Å². The molecular formula is C4H7BNO3V. The average molecular weight is 179 g/mol. The molecule has 4 nitrogen and oxygen atoms in total. The van der Waals surface area contributed by atoms with E-state index in [0.717, 1.165) is 0 Å². The normalized spacial score (nSPS) is 7.40. The standard InChI is InChI=1S/C4H7BNO3.V/c1-6(2)3(7)5-4(8)9;/h1-2H3,(H,8,9);. The van der Waals surface area contributed by atoms with Crippen LogP contribution in [0.3, 0.4) is 0 Å². The first-order valence-electron chi connectivity index (χ1n) is 2.33. The maximum Gasteiger partial charge on any atom is 0.377 e. The fraction of sp³-hybridized carbons (Fsp3) is 0.500. The monoisotopic (exact) mass is 179 g/mol. The fourth-order valence-corrected chi connectivity index (χ4v) is 0.235.